The predicted molar refractivity (Wildman–Crippen MR) is 189 cm³/mol. The number of hydrogen-bond acceptors (Lipinski definition) is 7. The molecule has 1 aliphatic heterocycles. The fraction of sp³-hybridized carbons (Fsp3) is 0.424. The lowest BCUT2D eigenvalue weighted by molar-refractivity contribution is -0.128. The maximum absolute atomic E-state index is 14.0. The minimum atomic E-state index is -4.07. The maximum Gasteiger partial charge on any atom is 0.243 e. The van der Waals surface area contributed by atoms with Gasteiger partial charge in [-0.15, -0.1) is 0 Å². The van der Waals surface area contributed by atoms with Crippen molar-refractivity contribution in [3.63, 3.8) is 0 Å². The molecule has 1 heterocycles. The summed E-state index contributed by atoms with van der Waals surface area (Å²) in [7, 11) is -12.1. The molecule has 1 aliphatic rings. The quantitative estimate of drug-likeness (QED) is 0.331. The van der Waals surface area contributed by atoms with E-state index in [1.54, 1.807) is 36.4 Å². The first-order chi connectivity index (χ1) is 22.7. The standard InChI is InChI=1S/C33H43BrN4O7S3/c1-27-6-12-30(13-7-27)46(40,41)36-20-5-21-38(48(44,45)32-16-10-29(3)11-17-32)25-24-37(19-4-18-35(22-23-36)33(39)26-34)47(42,43)31-14-8-28(2)9-15-31/h6-17H,4-5,18-26H2,1-3H3. The van der Waals surface area contributed by atoms with Crippen LogP contribution in [0.25, 0.3) is 0 Å². The summed E-state index contributed by atoms with van der Waals surface area (Å²) in [5.41, 5.74) is 2.68. The Balaban J connectivity index is 1.71. The second-order valence-electron chi connectivity index (χ2n) is 11.9. The summed E-state index contributed by atoms with van der Waals surface area (Å²) in [6, 6.07) is 19.4. The second kappa shape index (κ2) is 16.4. The molecule has 1 saturated heterocycles. The minimum absolute atomic E-state index is 0.0160. The minimum Gasteiger partial charge on any atom is -0.341 e. The number of benzene rings is 3. The van der Waals surface area contributed by atoms with Gasteiger partial charge in [-0.25, -0.2) is 25.3 Å². The van der Waals surface area contributed by atoms with Crippen LogP contribution >= 0.6 is 15.9 Å². The van der Waals surface area contributed by atoms with Gasteiger partial charge in [0, 0.05) is 52.4 Å². The van der Waals surface area contributed by atoms with Crippen molar-refractivity contribution in [3.05, 3.63) is 89.5 Å². The van der Waals surface area contributed by atoms with E-state index in [0.717, 1.165) is 16.7 Å². The molecule has 0 radical (unpaired) electrons. The number of alkyl halides is 1. The van der Waals surface area contributed by atoms with Gasteiger partial charge in [0.1, 0.15) is 0 Å². The number of hydrogen-bond donors (Lipinski definition) is 0. The molecule has 1 fully saturated rings. The van der Waals surface area contributed by atoms with Crippen molar-refractivity contribution >= 4 is 51.9 Å². The van der Waals surface area contributed by atoms with E-state index in [1.807, 2.05) is 20.8 Å². The highest BCUT2D eigenvalue weighted by atomic mass is 79.9. The first-order valence-corrected chi connectivity index (χ1v) is 21.1. The average Bonchev–Trinajstić information content (AvgIpc) is 3.05. The van der Waals surface area contributed by atoms with Crippen molar-refractivity contribution < 1.29 is 30.0 Å². The normalized spacial score (nSPS) is 17.5. The molecule has 3 aromatic rings. The van der Waals surface area contributed by atoms with Crippen molar-refractivity contribution in [1.82, 2.24) is 17.8 Å². The van der Waals surface area contributed by atoms with Crippen molar-refractivity contribution in [1.29, 1.82) is 0 Å². The molecule has 0 aromatic heterocycles. The molecule has 0 aliphatic carbocycles. The van der Waals surface area contributed by atoms with Crippen LogP contribution in [0.4, 0.5) is 0 Å². The van der Waals surface area contributed by atoms with Crippen molar-refractivity contribution in [2.24, 2.45) is 0 Å². The molecule has 48 heavy (non-hydrogen) atoms. The van der Waals surface area contributed by atoms with E-state index in [-0.39, 0.29) is 91.1 Å². The van der Waals surface area contributed by atoms with Crippen LogP contribution in [0.15, 0.2) is 87.5 Å². The number of aryl methyl sites for hydroxylation is 3. The molecule has 0 spiro atoms. The molecular weight excluding hydrogens is 740 g/mol. The van der Waals surface area contributed by atoms with Gasteiger partial charge in [-0.1, -0.05) is 69.0 Å². The van der Waals surface area contributed by atoms with Gasteiger partial charge in [0.15, 0.2) is 0 Å². The van der Waals surface area contributed by atoms with Crippen LogP contribution in [0.2, 0.25) is 0 Å². The fourth-order valence-electron chi connectivity index (χ4n) is 5.40. The van der Waals surface area contributed by atoms with Gasteiger partial charge in [0.25, 0.3) is 0 Å². The topological polar surface area (TPSA) is 132 Å². The largest absolute Gasteiger partial charge is 0.341 e. The zero-order valence-corrected chi connectivity index (χ0v) is 31.5. The van der Waals surface area contributed by atoms with Crippen molar-refractivity contribution in [2.75, 3.05) is 57.7 Å². The van der Waals surface area contributed by atoms with Crippen LogP contribution in [-0.4, -0.2) is 107 Å². The van der Waals surface area contributed by atoms with E-state index in [1.165, 1.54) is 54.2 Å². The molecule has 0 atom stereocenters. The third-order valence-electron chi connectivity index (χ3n) is 8.31. The lowest BCUT2D eigenvalue weighted by atomic mass is 10.2. The Bertz CT molecular complexity index is 1870. The van der Waals surface area contributed by atoms with Crippen LogP contribution in [-0.2, 0) is 34.9 Å². The van der Waals surface area contributed by atoms with E-state index < -0.39 is 30.1 Å². The maximum atomic E-state index is 14.0. The van der Waals surface area contributed by atoms with Crippen LogP contribution in [0.3, 0.4) is 0 Å². The van der Waals surface area contributed by atoms with Gasteiger partial charge in [-0.05, 0) is 70.0 Å². The number of carbonyl (C=O) groups is 1. The highest BCUT2D eigenvalue weighted by molar-refractivity contribution is 9.09. The Labute approximate surface area is 293 Å². The summed E-state index contributed by atoms with van der Waals surface area (Å²) in [5.74, 6) is -0.252. The third-order valence-corrected chi connectivity index (χ3v) is 14.5. The van der Waals surface area contributed by atoms with E-state index in [4.69, 9.17) is 0 Å². The average molecular weight is 784 g/mol. The zero-order chi connectivity index (χ0) is 35.1. The Kier molecular flexibility index (Phi) is 13.0. The molecule has 11 nitrogen and oxygen atoms in total. The molecule has 0 saturated carbocycles. The monoisotopic (exact) mass is 782 g/mol. The van der Waals surface area contributed by atoms with Gasteiger partial charge in [0.2, 0.25) is 36.0 Å². The number of sulfonamides is 3. The SMILES string of the molecule is Cc1ccc(S(=O)(=O)N2CCCN(S(=O)(=O)c3ccc(C)cc3)CCN(S(=O)(=O)c3ccc(C)cc3)CCCN(C(=O)CBr)CC2)cc1. The molecule has 0 N–H and O–H groups in total. The Hall–Kier alpha value is -2.66. The number of halogens is 1. The van der Waals surface area contributed by atoms with Gasteiger partial charge in [-0.3, -0.25) is 4.79 Å². The van der Waals surface area contributed by atoms with Gasteiger partial charge in [-0.2, -0.15) is 12.9 Å². The number of rotatable bonds is 7. The molecular formula is C33H43BrN4O7S3. The number of nitrogens with zero attached hydrogens (tertiary/aromatic N) is 4. The Morgan fingerprint density at radius 1 is 0.500 bits per heavy atom. The molecule has 3 aromatic carbocycles. The first-order valence-electron chi connectivity index (χ1n) is 15.7. The third kappa shape index (κ3) is 9.31. The number of amides is 1. The Morgan fingerprint density at radius 2 is 0.792 bits per heavy atom. The predicted octanol–water partition coefficient (Wildman–Crippen LogP) is 4.00. The number of carbonyl (C=O) groups excluding carboxylic acids is 1. The van der Waals surface area contributed by atoms with E-state index in [9.17, 15) is 30.0 Å². The summed E-state index contributed by atoms with van der Waals surface area (Å²) in [6.45, 7) is 5.44. The first kappa shape index (κ1) is 38.1. The fourth-order valence-corrected chi connectivity index (χ4v) is 10.2. The van der Waals surface area contributed by atoms with Crippen LogP contribution in [0.1, 0.15) is 29.5 Å². The van der Waals surface area contributed by atoms with E-state index in [0.29, 0.717) is 0 Å². The van der Waals surface area contributed by atoms with Crippen molar-refractivity contribution in [3.8, 4) is 0 Å². The van der Waals surface area contributed by atoms with E-state index >= 15 is 0 Å². The van der Waals surface area contributed by atoms with Gasteiger partial charge in [0.05, 0.1) is 20.0 Å². The molecule has 4 rings (SSSR count). The van der Waals surface area contributed by atoms with Crippen LogP contribution < -0.4 is 0 Å². The Morgan fingerprint density at radius 3 is 1.10 bits per heavy atom. The summed E-state index contributed by atoms with van der Waals surface area (Å²) >= 11 is 3.22. The van der Waals surface area contributed by atoms with Gasteiger partial charge < -0.3 is 4.90 Å². The van der Waals surface area contributed by atoms with Crippen LogP contribution in [0.5, 0.6) is 0 Å². The smallest absolute Gasteiger partial charge is 0.243 e. The summed E-state index contributed by atoms with van der Waals surface area (Å²) in [5, 5.41) is 0.0227. The summed E-state index contributed by atoms with van der Waals surface area (Å²) in [4.78, 5) is 14.7. The summed E-state index contributed by atoms with van der Waals surface area (Å²) < 4.78 is 87.2. The molecule has 1 amide bonds. The summed E-state index contributed by atoms with van der Waals surface area (Å²) in [6.07, 6.45) is 0.381. The van der Waals surface area contributed by atoms with Crippen molar-refractivity contribution in [2.45, 2.75) is 48.3 Å². The lowest BCUT2D eigenvalue weighted by Crippen LogP contribution is -2.46. The van der Waals surface area contributed by atoms with Gasteiger partial charge >= 0.3 is 0 Å². The molecule has 15 heteroatoms. The highest BCUT2D eigenvalue weighted by Gasteiger charge is 2.31. The molecule has 0 unspecified atom stereocenters. The zero-order valence-electron chi connectivity index (χ0n) is 27.5. The highest BCUT2D eigenvalue weighted by Crippen LogP contribution is 2.22. The lowest BCUT2D eigenvalue weighted by Gasteiger charge is -2.31. The van der Waals surface area contributed by atoms with Crippen LogP contribution in [0, 0.1) is 20.8 Å². The van der Waals surface area contributed by atoms with E-state index in [2.05, 4.69) is 15.9 Å². The molecule has 0 bridgehead atoms. The molecule has 262 valence electrons. The second-order valence-corrected chi connectivity index (χ2v) is 18.2.